The lowest BCUT2D eigenvalue weighted by Crippen LogP contribution is -2.18. The average Bonchev–Trinajstić information content (AvgIpc) is 2.54. The zero-order valence-corrected chi connectivity index (χ0v) is 14.4. The smallest absolute Gasteiger partial charge is 0.0127 e. The van der Waals surface area contributed by atoms with Gasteiger partial charge < -0.3 is 0 Å². The second kappa shape index (κ2) is 6.86. The molecule has 2 unspecified atom stereocenters. The molecule has 0 spiro atoms. The van der Waals surface area contributed by atoms with E-state index >= 15 is 0 Å². The van der Waals surface area contributed by atoms with Crippen molar-refractivity contribution in [2.75, 3.05) is 0 Å². The fourth-order valence-corrected chi connectivity index (χ4v) is 4.51. The summed E-state index contributed by atoms with van der Waals surface area (Å²) in [7, 11) is 0. The van der Waals surface area contributed by atoms with Gasteiger partial charge in [0.15, 0.2) is 0 Å². The normalized spacial score (nSPS) is 22.4. The number of hydrogen-bond donors (Lipinski definition) is 0. The first-order valence-electron chi connectivity index (χ1n) is 9.24. The molecule has 1 saturated carbocycles. The second-order valence-corrected chi connectivity index (χ2v) is 7.38. The van der Waals surface area contributed by atoms with Crippen LogP contribution in [0.4, 0.5) is 0 Å². The maximum Gasteiger partial charge on any atom is -0.0127 e. The van der Waals surface area contributed by atoms with Gasteiger partial charge in [-0.2, -0.15) is 0 Å². The van der Waals surface area contributed by atoms with Crippen molar-refractivity contribution in [2.24, 2.45) is 5.92 Å². The standard InChI is InChI=1S/C22H30/c1-4-9-17-10-5-6-11-19(17)22-15-14-18(16(2)3)20-12-7-8-13-21(20)22/h7-8,12-17,19H,4-6,9-11H2,1-3H3. The van der Waals surface area contributed by atoms with Crippen molar-refractivity contribution in [3.05, 3.63) is 47.5 Å². The average molecular weight is 294 g/mol. The molecule has 1 aliphatic carbocycles. The van der Waals surface area contributed by atoms with Gasteiger partial charge in [-0.1, -0.05) is 82.9 Å². The van der Waals surface area contributed by atoms with Crippen LogP contribution in [0.3, 0.4) is 0 Å². The highest BCUT2D eigenvalue weighted by Gasteiger charge is 2.27. The quantitative estimate of drug-likeness (QED) is 0.567. The van der Waals surface area contributed by atoms with Crippen LogP contribution in [0.5, 0.6) is 0 Å². The summed E-state index contributed by atoms with van der Waals surface area (Å²) in [5.41, 5.74) is 3.13. The fourth-order valence-electron chi connectivity index (χ4n) is 4.51. The Hall–Kier alpha value is -1.30. The Morgan fingerprint density at radius 2 is 1.68 bits per heavy atom. The van der Waals surface area contributed by atoms with Gasteiger partial charge in [-0.05, 0) is 52.5 Å². The highest BCUT2D eigenvalue weighted by atomic mass is 14.3. The van der Waals surface area contributed by atoms with Crippen LogP contribution in [-0.2, 0) is 0 Å². The largest absolute Gasteiger partial charge is 0.0654 e. The monoisotopic (exact) mass is 294 g/mol. The summed E-state index contributed by atoms with van der Waals surface area (Å²) in [4.78, 5) is 0. The molecule has 2 atom stereocenters. The Morgan fingerprint density at radius 3 is 2.41 bits per heavy atom. The summed E-state index contributed by atoms with van der Waals surface area (Å²) in [5, 5.41) is 3.00. The first-order valence-corrected chi connectivity index (χ1v) is 9.24. The third-order valence-electron chi connectivity index (χ3n) is 5.58. The molecule has 2 aromatic carbocycles. The minimum Gasteiger partial charge on any atom is -0.0654 e. The van der Waals surface area contributed by atoms with Gasteiger partial charge >= 0.3 is 0 Å². The van der Waals surface area contributed by atoms with Crippen molar-refractivity contribution >= 4 is 10.8 Å². The number of benzene rings is 2. The zero-order chi connectivity index (χ0) is 15.5. The van der Waals surface area contributed by atoms with Gasteiger partial charge in [0.2, 0.25) is 0 Å². The molecule has 0 heteroatoms. The summed E-state index contributed by atoms with van der Waals surface area (Å²) in [6.07, 6.45) is 8.37. The molecule has 0 saturated heterocycles. The van der Waals surface area contributed by atoms with Crippen molar-refractivity contribution in [1.29, 1.82) is 0 Å². The lowest BCUT2D eigenvalue weighted by Gasteiger charge is -2.33. The fraction of sp³-hybridized carbons (Fsp3) is 0.545. The minimum atomic E-state index is 0.594. The van der Waals surface area contributed by atoms with E-state index in [1.807, 2.05) is 0 Å². The van der Waals surface area contributed by atoms with Gasteiger partial charge in [0.1, 0.15) is 0 Å². The molecule has 0 heterocycles. The van der Waals surface area contributed by atoms with Crippen molar-refractivity contribution in [3.8, 4) is 0 Å². The maximum absolute atomic E-state index is 2.45. The Balaban J connectivity index is 2.08. The molecule has 0 radical (unpaired) electrons. The Labute approximate surface area is 135 Å². The van der Waals surface area contributed by atoms with Crippen molar-refractivity contribution in [1.82, 2.24) is 0 Å². The molecular weight excluding hydrogens is 264 g/mol. The highest BCUT2D eigenvalue weighted by Crippen LogP contribution is 2.43. The minimum absolute atomic E-state index is 0.594. The SMILES string of the molecule is CCCC1CCCCC1c1ccc(C(C)C)c2ccccc12. The van der Waals surface area contributed by atoms with E-state index in [2.05, 4.69) is 57.2 Å². The van der Waals surface area contributed by atoms with E-state index < -0.39 is 0 Å². The van der Waals surface area contributed by atoms with Crippen LogP contribution in [0.1, 0.15) is 82.3 Å². The Bertz CT molecular complexity index is 621. The molecule has 0 aliphatic heterocycles. The molecule has 22 heavy (non-hydrogen) atoms. The van der Waals surface area contributed by atoms with Gasteiger partial charge in [-0.3, -0.25) is 0 Å². The van der Waals surface area contributed by atoms with E-state index in [9.17, 15) is 0 Å². The second-order valence-electron chi connectivity index (χ2n) is 7.38. The first-order chi connectivity index (χ1) is 10.7. The Kier molecular flexibility index (Phi) is 4.86. The summed E-state index contributed by atoms with van der Waals surface area (Å²) >= 11 is 0. The van der Waals surface area contributed by atoms with Gasteiger partial charge in [-0.15, -0.1) is 0 Å². The Morgan fingerprint density at radius 1 is 0.955 bits per heavy atom. The third-order valence-corrected chi connectivity index (χ3v) is 5.58. The van der Waals surface area contributed by atoms with Crippen molar-refractivity contribution in [2.45, 2.75) is 71.1 Å². The van der Waals surface area contributed by atoms with Crippen LogP contribution >= 0.6 is 0 Å². The van der Waals surface area contributed by atoms with Crippen LogP contribution in [-0.4, -0.2) is 0 Å². The summed E-state index contributed by atoms with van der Waals surface area (Å²) in [6, 6.07) is 14.0. The van der Waals surface area contributed by atoms with Crippen LogP contribution in [0.15, 0.2) is 36.4 Å². The lowest BCUT2D eigenvalue weighted by atomic mass is 9.72. The van der Waals surface area contributed by atoms with Crippen LogP contribution in [0, 0.1) is 5.92 Å². The van der Waals surface area contributed by atoms with Crippen LogP contribution in [0.2, 0.25) is 0 Å². The highest BCUT2D eigenvalue weighted by molar-refractivity contribution is 5.89. The number of rotatable bonds is 4. The molecule has 118 valence electrons. The predicted molar refractivity (Wildman–Crippen MR) is 97.6 cm³/mol. The van der Waals surface area contributed by atoms with E-state index in [1.165, 1.54) is 54.9 Å². The first kappa shape index (κ1) is 15.6. The molecule has 0 bridgehead atoms. The maximum atomic E-state index is 2.45. The van der Waals surface area contributed by atoms with Crippen LogP contribution < -0.4 is 0 Å². The summed E-state index contributed by atoms with van der Waals surface area (Å²) in [6.45, 7) is 6.95. The van der Waals surface area contributed by atoms with E-state index in [-0.39, 0.29) is 0 Å². The van der Waals surface area contributed by atoms with E-state index in [0.717, 1.165) is 11.8 Å². The number of fused-ring (bicyclic) bond motifs is 1. The van der Waals surface area contributed by atoms with Gasteiger partial charge in [-0.25, -0.2) is 0 Å². The predicted octanol–water partition coefficient (Wildman–Crippen LogP) is 7.04. The van der Waals surface area contributed by atoms with Crippen molar-refractivity contribution in [3.63, 3.8) is 0 Å². The molecule has 1 aliphatic rings. The number of hydrogen-bond acceptors (Lipinski definition) is 0. The van der Waals surface area contributed by atoms with Crippen molar-refractivity contribution < 1.29 is 0 Å². The van der Waals surface area contributed by atoms with Gasteiger partial charge in [0.25, 0.3) is 0 Å². The van der Waals surface area contributed by atoms with E-state index in [4.69, 9.17) is 0 Å². The molecule has 2 aromatic rings. The van der Waals surface area contributed by atoms with Gasteiger partial charge in [0, 0.05) is 0 Å². The molecule has 0 N–H and O–H groups in total. The molecule has 1 fully saturated rings. The molecular formula is C22H30. The van der Waals surface area contributed by atoms with Crippen LogP contribution in [0.25, 0.3) is 10.8 Å². The third kappa shape index (κ3) is 2.93. The summed E-state index contributed by atoms with van der Waals surface area (Å²) in [5.74, 6) is 2.27. The van der Waals surface area contributed by atoms with E-state index in [0.29, 0.717) is 5.92 Å². The summed E-state index contributed by atoms with van der Waals surface area (Å²) < 4.78 is 0. The van der Waals surface area contributed by atoms with E-state index in [1.54, 1.807) is 5.56 Å². The molecule has 0 aromatic heterocycles. The zero-order valence-electron chi connectivity index (χ0n) is 14.4. The molecule has 3 rings (SSSR count). The molecule has 0 amide bonds. The lowest BCUT2D eigenvalue weighted by molar-refractivity contribution is 0.290. The molecule has 0 nitrogen and oxygen atoms in total. The topological polar surface area (TPSA) is 0 Å². The van der Waals surface area contributed by atoms with Gasteiger partial charge in [0.05, 0.1) is 0 Å².